The highest BCUT2D eigenvalue weighted by molar-refractivity contribution is 5.69. The third-order valence-electron chi connectivity index (χ3n) is 3.34. The van der Waals surface area contributed by atoms with E-state index in [-0.39, 0.29) is 12.6 Å². The maximum Gasteiger partial charge on any atom is 0.306 e. The molecular formula is C16H26NO3+. The zero-order chi connectivity index (χ0) is 14.8. The fourth-order valence-electron chi connectivity index (χ4n) is 2.00. The van der Waals surface area contributed by atoms with Gasteiger partial charge in [0.15, 0.2) is 0 Å². The van der Waals surface area contributed by atoms with Crippen molar-refractivity contribution in [2.75, 3.05) is 33.8 Å². The maximum atomic E-state index is 11.6. The molecule has 0 heterocycles. The van der Waals surface area contributed by atoms with Gasteiger partial charge in [0.1, 0.15) is 13.2 Å². The number of nitrogens with zero attached hydrogens (tertiary/aromatic N) is 1. The molecule has 4 nitrogen and oxygen atoms in total. The molecular weight excluding hydrogens is 254 g/mol. The van der Waals surface area contributed by atoms with Gasteiger partial charge >= 0.3 is 5.97 Å². The summed E-state index contributed by atoms with van der Waals surface area (Å²) >= 11 is 0. The first kappa shape index (κ1) is 16.7. The molecule has 0 aliphatic rings. The lowest BCUT2D eigenvalue weighted by Crippen LogP contribution is -2.42. The lowest BCUT2D eigenvalue weighted by molar-refractivity contribution is -0.890. The molecule has 1 N–H and O–H groups in total. The second kappa shape index (κ2) is 8.72. The van der Waals surface area contributed by atoms with E-state index in [0.29, 0.717) is 13.0 Å². The van der Waals surface area contributed by atoms with E-state index in [1.165, 1.54) is 0 Å². The summed E-state index contributed by atoms with van der Waals surface area (Å²) in [5, 5.41) is 8.94. The zero-order valence-electron chi connectivity index (χ0n) is 12.5. The van der Waals surface area contributed by atoms with Gasteiger partial charge in [-0.3, -0.25) is 4.79 Å². The third-order valence-corrected chi connectivity index (χ3v) is 3.34. The van der Waals surface area contributed by atoms with Crippen LogP contribution in [0.2, 0.25) is 0 Å². The summed E-state index contributed by atoms with van der Waals surface area (Å²) in [4.78, 5) is 11.6. The first-order valence-corrected chi connectivity index (χ1v) is 7.16. The Hall–Kier alpha value is -1.39. The number of likely N-dealkylation sites (N-methyl/N-ethyl adjacent to an activating group) is 1. The molecule has 1 aromatic rings. The van der Waals surface area contributed by atoms with Crippen molar-refractivity contribution in [3.63, 3.8) is 0 Å². The molecule has 0 spiro atoms. The summed E-state index contributed by atoms with van der Waals surface area (Å²) in [7, 11) is 4.17. The van der Waals surface area contributed by atoms with Crippen molar-refractivity contribution in [1.82, 2.24) is 0 Å². The summed E-state index contributed by atoms with van der Waals surface area (Å²) in [6.07, 6.45) is 2.26. The van der Waals surface area contributed by atoms with Gasteiger partial charge in [0.25, 0.3) is 0 Å². The Kier molecular flexibility index (Phi) is 7.26. The molecule has 4 heteroatoms. The van der Waals surface area contributed by atoms with Crippen molar-refractivity contribution in [3.05, 3.63) is 35.9 Å². The molecule has 20 heavy (non-hydrogen) atoms. The fourth-order valence-corrected chi connectivity index (χ4v) is 2.00. The van der Waals surface area contributed by atoms with Crippen LogP contribution in [0.1, 0.15) is 24.8 Å². The van der Waals surface area contributed by atoms with E-state index in [1.807, 2.05) is 30.3 Å². The van der Waals surface area contributed by atoms with Crippen LogP contribution in [0.4, 0.5) is 0 Å². The molecule has 0 aliphatic carbocycles. The van der Waals surface area contributed by atoms with Crippen LogP contribution in [-0.4, -0.2) is 49.4 Å². The second-order valence-electron chi connectivity index (χ2n) is 5.71. The predicted molar refractivity (Wildman–Crippen MR) is 79.0 cm³/mol. The summed E-state index contributed by atoms with van der Waals surface area (Å²) in [5.41, 5.74) is 1.02. The minimum absolute atomic E-state index is 0.138. The van der Waals surface area contributed by atoms with Crippen LogP contribution in [0.5, 0.6) is 0 Å². The van der Waals surface area contributed by atoms with Crippen molar-refractivity contribution >= 4 is 5.97 Å². The number of aliphatic hydroxyl groups excluding tert-OH is 1. The standard InChI is InChI=1S/C16H26NO3/c1-17(2,12-13-18)11-7-6-10-16(19)20-14-15-8-4-3-5-9-15/h3-5,8-9,18H,6-7,10-14H2,1-2H3/q+1. The number of ether oxygens (including phenoxy) is 1. The quantitative estimate of drug-likeness (QED) is 0.427. The second-order valence-corrected chi connectivity index (χ2v) is 5.71. The lowest BCUT2D eigenvalue weighted by Gasteiger charge is -2.28. The molecule has 0 fully saturated rings. The van der Waals surface area contributed by atoms with Gasteiger partial charge in [-0.1, -0.05) is 30.3 Å². The molecule has 0 unspecified atom stereocenters. The maximum absolute atomic E-state index is 11.6. The van der Waals surface area contributed by atoms with Gasteiger partial charge in [0.2, 0.25) is 0 Å². The highest BCUT2D eigenvalue weighted by Gasteiger charge is 2.13. The van der Waals surface area contributed by atoms with Gasteiger partial charge in [0.05, 0.1) is 27.2 Å². The molecule has 1 aromatic carbocycles. The van der Waals surface area contributed by atoms with Crippen LogP contribution in [-0.2, 0) is 16.1 Å². The Balaban J connectivity index is 2.12. The van der Waals surface area contributed by atoms with Crippen LogP contribution in [0.3, 0.4) is 0 Å². The topological polar surface area (TPSA) is 46.5 Å². The average Bonchev–Trinajstić information content (AvgIpc) is 2.42. The van der Waals surface area contributed by atoms with Crippen LogP contribution in [0.15, 0.2) is 30.3 Å². The molecule has 1 rings (SSSR count). The minimum atomic E-state index is -0.138. The molecule has 0 amide bonds. The minimum Gasteiger partial charge on any atom is -0.461 e. The number of carbonyl (C=O) groups is 1. The molecule has 0 aromatic heterocycles. The number of aliphatic hydroxyl groups is 1. The van der Waals surface area contributed by atoms with Crippen molar-refractivity contribution in [2.45, 2.75) is 25.9 Å². The molecule has 0 atom stereocenters. The smallest absolute Gasteiger partial charge is 0.306 e. The lowest BCUT2D eigenvalue weighted by atomic mass is 10.2. The summed E-state index contributed by atoms with van der Waals surface area (Å²) in [6, 6.07) is 9.71. The van der Waals surface area contributed by atoms with Gasteiger partial charge < -0.3 is 14.3 Å². The van der Waals surface area contributed by atoms with Crippen LogP contribution >= 0.6 is 0 Å². The number of hydrogen-bond acceptors (Lipinski definition) is 3. The normalized spacial score (nSPS) is 11.3. The van der Waals surface area contributed by atoms with E-state index >= 15 is 0 Å². The molecule has 0 radical (unpaired) electrons. The monoisotopic (exact) mass is 280 g/mol. The van der Waals surface area contributed by atoms with Gasteiger partial charge in [-0.25, -0.2) is 0 Å². The van der Waals surface area contributed by atoms with Crippen molar-refractivity contribution in [1.29, 1.82) is 0 Å². The van der Waals surface area contributed by atoms with Crippen LogP contribution in [0.25, 0.3) is 0 Å². The van der Waals surface area contributed by atoms with E-state index < -0.39 is 0 Å². The fraction of sp³-hybridized carbons (Fsp3) is 0.562. The zero-order valence-corrected chi connectivity index (χ0v) is 12.5. The summed E-state index contributed by atoms with van der Waals surface area (Å²) in [5.74, 6) is -0.138. The Morgan fingerprint density at radius 3 is 2.50 bits per heavy atom. The molecule has 0 saturated carbocycles. The number of unbranched alkanes of at least 4 members (excludes halogenated alkanes) is 1. The third kappa shape index (κ3) is 7.26. The van der Waals surface area contributed by atoms with Crippen molar-refractivity contribution in [3.8, 4) is 0 Å². The molecule has 0 saturated heterocycles. The van der Waals surface area contributed by atoms with Crippen molar-refractivity contribution in [2.24, 2.45) is 0 Å². The number of hydrogen-bond donors (Lipinski definition) is 1. The predicted octanol–water partition coefficient (Wildman–Crippen LogP) is 1.97. The van der Waals surface area contributed by atoms with Gasteiger partial charge in [-0.2, -0.15) is 0 Å². The Morgan fingerprint density at radius 2 is 1.85 bits per heavy atom. The van der Waals surface area contributed by atoms with E-state index in [2.05, 4.69) is 14.1 Å². The summed E-state index contributed by atoms with van der Waals surface area (Å²) < 4.78 is 6.01. The number of quaternary nitrogens is 1. The SMILES string of the molecule is C[N+](C)(CCO)CCCCC(=O)OCc1ccccc1. The average molecular weight is 280 g/mol. The van der Waals surface area contributed by atoms with Gasteiger partial charge in [0, 0.05) is 6.42 Å². The number of carbonyl (C=O) groups excluding carboxylic acids is 1. The Morgan fingerprint density at radius 1 is 1.15 bits per heavy atom. The van der Waals surface area contributed by atoms with E-state index in [4.69, 9.17) is 9.84 Å². The van der Waals surface area contributed by atoms with E-state index in [9.17, 15) is 4.79 Å². The highest BCUT2D eigenvalue weighted by atomic mass is 16.5. The number of esters is 1. The first-order valence-electron chi connectivity index (χ1n) is 7.16. The number of rotatable bonds is 9. The van der Waals surface area contributed by atoms with Crippen LogP contribution < -0.4 is 0 Å². The summed E-state index contributed by atoms with van der Waals surface area (Å²) in [6.45, 7) is 2.27. The largest absolute Gasteiger partial charge is 0.461 e. The first-order chi connectivity index (χ1) is 9.53. The Bertz CT molecular complexity index is 390. The van der Waals surface area contributed by atoms with Crippen LogP contribution in [0, 0.1) is 0 Å². The molecule has 0 aliphatic heterocycles. The van der Waals surface area contributed by atoms with Gasteiger partial charge in [-0.05, 0) is 18.4 Å². The molecule has 112 valence electrons. The number of benzene rings is 1. The van der Waals surface area contributed by atoms with Gasteiger partial charge in [-0.15, -0.1) is 0 Å². The van der Waals surface area contributed by atoms with Crippen molar-refractivity contribution < 1.29 is 19.1 Å². The van der Waals surface area contributed by atoms with E-state index in [1.54, 1.807) is 0 Å². The van der Waals surface area contributed by atoms with E-state index in [0.717, 1.165) is 36.0 Å². The molecule has 0 bridgehead atoms. The highest BCUT2D eigenvalue weighted by Crippen LogP contribution is 2.06. The Labute approximate surface area is 121 Å².